The number of hydrogen-bond donors (Lipinski definition) is 1. The third kappa shape index (κ3) is 4.30. The van der Waals surface area contributed by atoms with Gasteiger partial charge in [0.1, 0.15) is 0 Å². The standard InChI is InChI=1S/C18H29N5OS/c24-16(19-14-7-3-1-4-8-14)13-25-18-21-20-17(23(18)15-9-10-15)22-11-5-2-6-12-22/h14-15H,1-13H2,(H,19,24). The quantitative estimate of drug-likeness (QED) is 0.787. The van der Waals surface area contributed by atoms with E-state index < -0.39 is 0 Å². The fraction of sp³-hybridized carbons (Fsp3) is 0.833. The van der Waals surface area contributed by atoms with Gasteiger partial charge in [-0.15, -0.1) is 10.2 Å². The minimum atomic E-state index is 0.141. The highest BCUT2D eigenvalue weighted by Crippen LogP contribution is 2.41. The van der Waals surface area contributed by atoms with Gasteiger partial charge in [0.2, 0.25) is 11.9 Å². The zero-order valence-electron chi connectivity index (χ0n) is 15.0. The van der Waals surface area contributed by atoms with Crippen LogP contribution < -0.4 is 10.2 Å². The van der Waals surface area contributed by atoms with Gasteiger partial charge in [0.15, 0.2) is 5.16 Å². The Labute approximate surface area is 154 Å². The number of nitrogens with one attached hydrogen (secondary N) is 1. The molecular formula is C18H29N5OS. The summed E-state index contributed by atoms with van der Waals surface area (Å²) >= 11 is 1.55. The second kappa shape index (κ2) is 7.98. The van der Waals surface area contributed by atoms with E-state index >= 15 is 0 Å². The van der Waals surface area contributed by atoms with Crippen molar-refractivity contribution in [3.05, 3.63) is 0 Å². The lowest BCUT2D eigenvalue weighted by molar-refractivity contribution is -0.119. The first-order chi connectivity index (χ1) is 12.3. The summed E-state index contributed by atoms with van der Waals surface area (Å²) in [7, 11) is 0. The van der Waals surface area contributed by atoms with Crippen LogP contribution in [0.25, 0.3) is 0 Å². The number of anilines is 1. The van der Waals surface area contributed by atoms with E-state index in [1.165, 1.54) is 51.4 Å². The summed E-state index contributed by atoms with van der Waals surface area (Å²) in [4.78, 5) is 14.7. The molecule has 0 bridgehead atoms. The third-order valence-corrected chi connectivity index (χ3v) is 6.44. The first-order valence-corrected chi connectivity index (χ1v) is 10.9. The Morgan fingerprint density at radius 1 is 1.00 bits per heavy atom. The minimum Gasteiger partial charge on any atom is -0.353 e. The molecular weight excluding hydrogens is 334 g/mol. The predicted molar refractivity (Wildman–Crippen MR) is 100 cm³/mol. The minimum absolute atomic E-state index is 0.141. The highest BCUT2D eigenvalue weighted by molar-refractivity contribution is 7.99. The van der Waals surface area contributed by atoms with Crippen molar-refractivity contribution in [1.29, 1.82) is 0 Å². The Hall–Kier alpha value is -1.24. The molecule has 0 aromatic carbocycles. The Bertz CT molecular complexity index is 588. The first-order valence-electron chi connectivity index (χ1n) is 9.93. The van der Waals surface area contributed by atoms with Crippen molar-refractivity contribution in [1.82, 2.24) is 20.1 Å². The Kier molecular flexibility index (Phi) is 5.48. The number of carbonyl (C=O) groups excluding carboxylic acids is 1. The van der Waals surface area contributed by atoms with Gasteiger partial charge in [0.05, 0.1) is 5.75 Å². The maximum atomic E-state index is 12.3. The number of rotatable bonds is 6. The van der Waals surface area contributed by atoms with Crippen LogP contribution in [-0.4, -0.2) is 45.6 Å². The average Bonchev–Trinajstić information content (AvgIpc) is 3.40. The first kappa shape index (κ1) is 17.2. The molecule has 0 unspecified atom stereocenters. The van der Waals surface area contributed by atoms with Gasteiger partial charge in [-0.05, 0) is 44.9 Å². The fourth-order valence-electron chi connectivity index (χ4n) is 3.98. The summed E-state index contributed by atoms with van der Waals surface area (Å²) in [5.41, 5.74) is 0. The molecule has 1 saturated heterocycles. The van der Waals surface area contributed by atoms with E-state index in [0.29, 0.717) is 17.8 Å². The maximum absolute atomic E-state index is 12.3. The predicted octanol–water partition coefficient (Wildman–Crippen LogP) is 3.14. The van der Waals surface area contributed by atoms with E-state index in [2.05, 4.69) is 25.0 Å². The van der Waals surface area contributed by atoms with E-state index in [0.717, 1.165) is 37.0 Å². The second-order valence-corrected chi connectivity index (χ2v) is 8.57. The lowest BCUT2D eigenvalue weighted by atomic mass is 9.95. The van der Waals surface area contributed by atoms with Crippen LogP contribution in [0, 0.1) is 0 Å². The maximum Gasteiger partial charge on any atom is 0.230 e. The van der Waals surface area contributed by atoms with Gasteiger partial charge < -0.3 is 10.2 Å². The van der Waals surface area contributed by atoms with Crippen LogP contribution in [0.2, 0.25) is 0 Å². The van der Waals surface area contributed by atoms with Crippen LogP contribution in [-0.2, 0) is 4.79 Å². The van der Waals surface area contributed by atoms with Crippen LogP contribution in [0.3, 0.4) is 0 Å². The van der Waals surface area contributed by atoms with Crippen molar-refractivity contribution in [3.63, 3.8) is 0 Å². The molecule has 6 nitrogen and oxygen atoms in total. The second-order valence-electron chi connectivity index (χ2n) is 7.62. The smallest absolute Gasteiger partial charge is 0.230 e. The normalized spacial score (nSPS) is 22.2. The molecule has 138 valence electrons. The number of carbonyl (C=O) groups is 1. The molecule has 1 aromatic rings. The number of amides is 1. The SMILES string of the molecule is O=C(CSc1nnc(N2CCCCC2)n1C1CC1)NC1CCCCC1. The molecule has 4 rings (SSSR count). The highest BCUT2D eigenvalue weighted by Gasteiger charge is 2.32. The average molecular weight is 364 g/mol. The van der Waals surface area contributed by atoms with Crippen molar-refractivity contribution in [2.45, 2.75) is 81.4 Å². The molecule has 1 amide bonds. The molecule has 1 aliphatic heterocycles. The van der Waals surface area contributed by atoms with Gasteiger partial charge in [-0.2, -0.15) is 0 Å². The summed E-state index contributed by atoms with van der Waals surface area (Å²) in [6.45, 7) is 2.16. The number of hydrogen-bond acceptors (Lipinski definition) is 5. The number of nitrogens with zero attached hydrogens (tertiary/aromatic N) is 4. The van der Waals surface area contributed by atoms with Crippen LogP contribution in [0.5, 0.6) is 0 Å². The number of piperidine rings is 1. The molecule has 7 heteroatoms. The fourth-order valence-corrected chi connectivity index (χ4v) is 4.79. The Morgan fingerprint density at radius 2 is 1.72 bits per heavy atom. The zero-order chi connectivity index (χ0) is 17.1. The number of thioether (sulfide) groups is 1. The van der Waals surface area contributed by atoms with Crippen molar-refractivity contribution >= 4 is 23.6 Å². The summed E-state index contributed by atoms with van der Waals surface area (Å²) in [6, 6.07) is 0.919. The lowest BCUT2D eigenvalue weighted by Gasteiger charge is -2.27. The van der Waals surface area contributed by atoms with Crippen LogP contribution in [0.4, 0.5) is 5.95 Å². The van der Waals surface area contributed by atoms with Crippen molar-refractivity contribution in [2.75, 3.05) is 23.7 Å². The van der Waals surface area contributed by atoms with E-state index in [1.807, 2.05) is 0 Å². The van der Waals surface area contributed by atoms with Gasteiger partial charge in [-0.1, -0.05) is 31.0 Å². The highest BCUT2D eigenvalue weighted by atomic mass is 32.2. The summed E-state index contributed by atoms with van der Waals surface area (Å²) in [5.74, 6) is 1.61. The lowest BCUT2D eigenvalue weighted by Crippen LogP contribution is -2.37. The van der Waals surface area contributed by atoms with Crippen LogP contribution in [0.1, 0.15) is 70.3 Å². The van der Waals surface area contributed by atoms with Crippen molar-refractivity contribution < 1.29 is 4.79 Å². The molecule has 0 atom stereocenters. The van der Waals surface area contributed by atoms with Gasteiger partial charge >= 0.3 is 0 Å². The molecule has 3 aliphatic rings. The summed E-state index contributed by atoms with van der Waals surface area (Å²) < 4.78 is 2.30. The van der Waals surface area contributed by atoms with Gasteiger partial charge in [0, 0.05) is 25.2 Å². The molecule has 0 radical (unpaired) electrons. The molecule has 1 N–H and O–H groups in total. The monoisotopic (exact) mass is 363 g/mol. The Balaban J connectivity index is 1.36. The van der Waals surface area contributed by atoms with Crippen LogP contribution >= 0.6 is 11.8 Å². The van der Waals surface area contributed by atoms with Crippen LogP contribution in [0.15, 0.2) is 5.16 Å². The molecule has 2 saturated carbocycles. The molecule has 2 heterocycles. The zero-order valence-corrected chi connectivity index (χ0v) is 15.8. The third-order valence-electron chi connectivity index (χ3n) is 5.50. The topological polar surface area (TPSA) is 63.1 Å². The van der Waals surface area contributed by atoms with E-state index in [4.69, 9.17) is 0 Å². The summed E-state index contributed by atoms with van der Waals surface area (Å²) in [6.07, 6.45) is 12.3. The molecule has 2 aliphatic carbocycles. The van der Waals surface area contributed by atoms with E-state index in [-0.39, 0.29) is 5.91 Å². The largest absolute Gasteiger partial charge is 0.353 e. The molecule has 3 fully saturated rings. The van der Waals surface area contributed by atoms with Crippen molar-refractivity contribution in [3.8, 4) is 0 Å². The van der Waals surface area contributed by atoms with Gasteiger partial charge in [-0.3, -0.25) is 9.36 Å². The van der Waals surface area contributed by atoms with Gasteiger partial charge in [-0.25, -0.2) is 0 Å². The molecule has 0 spiro atoms. The summed E-state index contributed by atoms with van der Waals surface area (Å²) in [5, 5.41) is 13.0. The Morgan fingerprint density at radius 3 is 2.44 bits per heavy atom. The van der Waals surface area contributed by atoms with Gasteiger partial charge in [0.25, 0.3) is 0 Å². The molecule has 25 heavy (non-hydrogen) atoms. The van der Waals surface area contributed by atoms with Crippen molar-refractivity contribution in [2.24, 2.45) is 0 Å². The molecule has 1 aromatic heterocycles. The van der Waals surface area contributed by atoms with E-state index in [9.17, 15) is 4.79 Å². The van der Waals surface area contributed by atoms with E-state index in [1.54, 1.807) is 11.8 Å². The number of aromatic nitrogens is 3.